The molecule has 1 aliphatic rings. The number of carbonyl (C=O) groups is 2. The fourth-order valence-electron chi connectivity index (χ4n) is 3.54. The third-order valence-corrected chi connectivity index (χ3v) is 6.31. The number of fused-ring (bicyclic) bond motifs is 1. The van der Waals surface area contributed by atoms with Crippen LogP contribution in [0.3, 0.4) is 0 Å². The topological polar surface area (TPSA) is 42.3 Å². The molecular weight excluding hydrogens is 392 g/mol. The molecule has 0 aliphatic carbocycles. The maximum absolute atomic E-state index is 12.5. The zero-order chi connectivity index (χ0) is 19.8. The molecule has 4 nitrogen and oxygen atoms in total. The van der Waals surface area contributed by atoms with Crippen molar-refractivity contribution in [2.75, 3.05) is 6.54 Å². The van der Waals surface area contributed by atoms with Crippen molar-refractivity contribution in [1.29, 1.82) is 0 Å². The first-order chi connectivity index (χ1) is 13.5. The Morgan fingerprint density at radius 3 is 2.50 bits per heavy atom. The van der Waals surface area contributed by atoms with Gasteiger partial charge < -0.3 is 4.57 Å². The van der Waals surface area contributed by atoms with Gasteiger partial charge in [0.25, 0.3) is 11.1 Å². The fourth-order valence-corrected chi connectivity index (χ4v) is 4.62. The Balaban J connectivity index is 1.84. The minimum absolute atomic E-state index is 0.212. The Kier molecular flexibility index (Phi) is 5.04. The summed E-state index contributed by atoms with van der Waals surface area (Å²) in [6.07, 6.45) is 1.85. The molecule has 0 saturated carbocycles. The highest BCUT2D eigenvalue weighted by molar-refractivity contribution is 8.18. The van der Waals surface area contributed by atoms with Gasteiger partial charge in [-0.1, -0.05) is 48.0 Å². The van der Waals surface area contributed by atoms with Crippen LogP contribution in [0.5, 0.6) is 0 Å². The average molecular weight is 411 g/mol. The SMILES string of the molecule is CCN1C(=O)S/C(=C/c2c(C)n(Cc3ccccc3Cl)c3ccccc23)C1=O. The number of benzene rings is 2. The highest BCUT2D eigenvalue weighted by atomic mass is 35.5. The predicted octanol–water partition coefficient (Wildman–Crippen LogP) is 5.71. The summed E-state index contributed by atoms with van der Waals surface area (Å²) in [6, 6.07) is 15.9. The van der Waals surface area contributed by atoms with Crippen molar-refractivity contribution in [1.82, 2.24) is 9.47 Å². The molecule has 1 saturated heterocycles. The lowest BCUT2D eigenvalue weighted by atomic mass is 10.1. The van der Waals surface area contributed by atoms with Gasteiger partial charge in [0.2, 0.25) is 0 Å². The van der Waals surface area contributed by atoms with Crippen molar-refractivity contribution in [3.63, 3.8) is 0 Å². The predicted molar refractivity (Wildman–Crippen MR) is 116 cm³/mol. The van der Waals surface area contributed by atoms with Crippen LogP contribution in [0, 0.1) is 6.92 Å². The van der Waals surface area contributed by atoms with E-state index >= 15 is 0 Å². The molecule has 0 bridgehead atoms. The highest BCUT2D eigenvalue weighted by Crippen LogP contribution is 2.35. The number of para-hydroxylation sites is 1. The number of thioether (sulfide) groups is 1. The van der Waals surface area contributed by atoms with Gasteiger partial charge in [-0.15, -0.1) is 0 Å². The summed E-state index contributed by atoms with van der Waals surface area (Å²) in [5, 5.41) is 1.57. The van der Waals surface area contributed by atoms with E-state index < -0.39 is 0 Å². The quantitative estimate of drug-likeness (QED) is 0.517. The summed E-state index contributed by atoms with van der Waals surface area (Å²) in [4.78, 5) is 26.3. The number of amides is 2. The molecule has 2 aromatic carbocycles. The van der Waals surface area contributed by atoms with Gasteiger partial charge in [0.15, 0.2) is 0 Å². The molecule has 0 radical (unpaired) electrons. The zero-order valence-electron chi connectivity index (χ0n) is 15.6. The molecule has 0 atom stereocenters. The van der Waals surface area contributed by atoms with Crippen molar-refractivity contribution in [3.8, 4) is 0 Å². The van der Waals surface area contributed by atoms with Gasteiger partial charge >= 0.3 is 0 Å². The minimum atomic E-state index is -0.222. The molecule has 1 aliphatic heterocycles. The van der Waals surface area contributed by atoms with E-state index in [0.29, 0.717) is 18.0 Å². The summed E-state index contributed by atoms with van der Waals surface area (Å²) in [7, 11) is 0. The van der Waals surface area contributed by atoms with Crippen LogP contribution in [0.4, 0.5) is 4.79 Å². The van der Waals surface area contributed by atoms with Crippen molar-refractivity contribution in [3.05, 3.63) is 75.3 Å². The Bertz CT molecular complexity index is 1130. The molecule has 1 aromatic heterocycles. The Labute approximate surface area is 172 Å². The number of halogens is 1. The van der Waals surface area contributed by atoms with E-state index in [1.165, 1.54) is 4.90 Å². The third-order valence-electron chi connectivity index (χ3n) is 5.03. The summed E-state index contributed by atoms with van der Waals surface area (Å²) in [5.74, 6) is -0.222. The van der Waals surface area contributed by atoms with Crippen molar-refractivity contribution in [2.45, 2.75) is 20.4 Å². The number of aromatic nitrogens is 1. The second kappa shape index (κ2) is 7.49. The van der Waals surface area contributed by atoms with Gasteiger partial charge in [-0.2, -0.15) is 0 Å². The van der Waals surface area contributed by atoms with E-state index in [2.05, 4.69) is 10.6 Å². The number of nitrogens with zero attached hydrogens (tertiary/aromatic N) is 2. The zero-order valence-corrected chi connectivity index (χ0v) is 17.2. The van der Waals surface area contributed by atoms with Crippen LogP contribution in [0.2, 0.25) is 5.02 Å². The molecular formula is C22H19ClN2O2S. The molecule has 2 amide bonds. The molecule has 0 N–H and O–H groups in total. The van der Waals surface area contributed by atoms with Crippen LogP contribution >= 0.6 is 23.4 Å². The molecule has 0 unspecified atom stereocenters. The van der Waals surface area contributed by atoms with Gasteiger partial charge in [0.05, 0.1) is 4.91 Å². The number of hydrogen-bond acceptors (Lipinski definition) is 3. The molecule has 0 spiro atoms. The molecule has 4 rings (SSSR count). The lowest BCUT2D eigenvalue weighted by Gasteiger charge is -2.10. The van der Waals surface area contributed by atoms with Gasteiger partial charge in [-0.05, 0) is 49.4 Å². The number of imide groups is 1. The van der Waals surface area contributed by atoms with Gasteiger partial charge in [-0.3, -0.25) is 14.5 Å². The van der Waals surface area contributed by atoms with Gasteiger partial charge in [0.1, 0.15) is 0 Å². The molecule has 3 aromatic rings. The maximum Gasteiger partial charge on any atom is 0.293 e. The van der Waals surface area contributed by atoms with E-state index in [4.69, 9.17) is 11.6 Å². The van der Waals surface area contributed by atoms with Crippen LogP contribution < -0.4 is 0 Å². The summed E-state index contributed by atoms with van der Waals surface area (Å²) < 4.78 is 2.20. The molecule has 2 heterocycles. The van der Waals surface area contributed by atoms with E-state index in [1.54, 1.807) is 6.92 Å². The Morgan fingerprint density at radius 2 is 1.79 bits per heavy atom. The van der Waals surface area contributed by atoms with Crippen molar-refractivity contribution < 1.29 is 9.59 Å². The number of rotatable bonds is 4. The van der Waals surface area contributed by atoms with E-state index in [9.17, 15) is 9.59 Å². The normalized spacial score (nSPS) is 16.0. The Morgan fingerprint density at radius 1 is 1.07 bits per heavy atom. The number of likely N-dealkylation sites (N-methyl/N-ethyl adjacent to an activating group) is 1. The van der Waals surface area contributed by atoms with Gasteiger partial charge in [0, 0.05) is 40.3 Å². The maximum atomic E-state index is 12.5. The van der Waals surface area contributed by atoms with Gasteiger partial charge in [-0.25, -0.2) is 0 Å². The smallest absolute Gasteiger partial charge is 0.293 e. The number of carbonyl (C=O) groups excluding carboxylic acids is 2. The molecule has 28 heavy (non-hydrogen) atoms. The lowest BCUT2D eigenvalue weighted by Crippen LogP contribution is -2.27. The third kappa shape index (κ3) is 3.15. The standard InChI is InChI=1S/C22H19ClN2O2S/c1-3-24-21(26)20(28-22(24)27)12-17-14(2)25(19-11-7-5-9-16(17)19)13-15-8-4-6-10-18(15)23/h4-12H,3,13H2,1-2H3/b20-12+. The number of hydrogen-bond donors (Lipinski definition) is 0. The largest absolute Gasteiger partial charge is 0.340 e. The highest BCUT2D eigenvalue weighted by Gasteiger charge is 2.34. The second-order valence-corrected chi connectivity index (χ2v) is 8.02. The first kappa shape index (κ1) is 18.8. The van der Waals surface area contributed by atoms with E-state index in [1.807, 2.05) is 55.5 Å². The van der Waals surface area contributed by atoms with Crippen molar-refractivity contribution in [2.24, 2.45) is 0 Å². The van der Waals surface area contributed by atoms with E-state index in [0.717, 1.165) is 44.5 Å². The average Bonchev–Trinajstić information content (AvgIpc) is 3.11. The summed E-state index contributed by atoms with van der Waals surface area (Å²) in [5.41, 5.74) is 4.10. The first-order valence-electron chi connectivity index (χ1n) is 9.08. The van der Waals surface area contributed by atoms with Crippen LogP contribution in [0.1, 0.15) is 23.7 Å². The molecule has 6 heteroatoms. The fraction of sp³-hybridized carbons (Fsp3) is 0.182. The van der Waals surface area contributed by atoms with Crippen LogP contribution in [0.15, 0.2) is 53.4 Å². The van der Waals surface area contributed by atoms with Crippen LogP contribution in [0.25, 0.3) is 17.0 Å². The molecule has 1 fully saturated rings. The van der Waals surface area contributed by atoms with Crippen molar-refractivity contribution >= 4 is 51.5 Å². The first-order valence-corrected chi connectivity index (χ1v) is 10.3. The van der Waals surface area contributed by atoms with Crippen LogP contribution in [-0.2, 0) is 11.3 Å². The summed E-state index contributed by atoms with van der Waals surface area (Å²) in [6.45, 7) is 4.86. The van der Waals surface area contributed by atoms with E-state index in [-0.39, 0.29) is 11.1 Å². The van der Waals surface area contributed by atoms with Crippen LogP contribution in [-0.4, -0.2) is 27.2 Å². The monoisotopic (exact) mass is 410 g/mol. The lowest BCUT2D eigenvalue weighted by molar-refractivity contribution is -0.122. The Hall–Kier alpha value is -2.50. The minimum Gasteiger partial charge on any atom is -0.340 e. The second-order valence-electron chi connectivity index (χ2n) is 6.62. The summed E-state index contributed by atoms with van der Waals surface area (Å²) >= 11 is 7.38. The molecule has 142 valence electrons.